The van der Waals surface area contributed by atoms with E-state index in [1.54, 1.807) is 0 Å². The smallest absolute Gasteiger partial charge is 0.142 e. The SMILES string of the molecule is NC(=NO)C1CCN(CC2OCCc3ccccc32)CC1. The molecule has 1 unspecified atom stereocenters. The molecule has 3 N–H and O–H groups in total. The van der Waals surface area contributed by atoms with Gasteiger partial charge in [-0.05, 0) is 43.5 Å². The van der Waals surface area contributed by atoms with Gasteiger partial charge < -0.3 is 20.6 Å². The van der Waals surface area contributed by atoms with Crippen molar-refractivity contribution in [1.82, 2.24) is 4.90 Å². The van der Waals surface area contributed by atoms with Crippen molar-refractivity contribution in [1.29, 1.82) is 0 Å². The van der Waals surface area contributed by atoms with Gasteiger partial charge in [0.25, 0.3) is 0 Å². The van der Waals surface area contributed by atoms with Crippen LogP contribution in [0.1, 0.15) is 30.1 Å². The molecule has 21 heavy (non-hydrogen) atoms. The van der Waals surface area contributed by atoms with Gasteiger partial charge in [-0.1, -0.05) is 29.4 Å². The molecule has 2 heterocycles. The molecule has 2 aliphatic rings. The fourth-order valence-electron chi connectivity index (χ4n) is 3.36. The second kappa shape index (κ2) is 6.45. The third kappa shape index (κ3) is 3.19. The molecule has 5 nitrogen and oxygen atoms in total. The molecule has 0 amide bonds. The molecule has 1 atom stereocenters. The Kier molecular flexibility index (Phi) is 4.41. The summed E-state index contributed by atoms with van der Waals surface area (Å²) in [5.41, 5.74) is 8.45. The van der Waals surface area contributed by atoms with E-state index in [0.717, 1.165) is 45.5 Å². The van der Waals surface area contributed by atoms with Gasteiger partial charge in [-0.2, -0.15) is 0 Å². The van der Waals surface area contributed by atoms with Crippen molar-refractivity contribution in [2.24, 2.45) is 16.8 Å². The normalized spacial score (nSPS) is 24.8. The lowest BCUT2D eigenvalue weighted by molar-refractivity contribution is 0.0105. The summed E-state index contributed by atoms with van der Waals surface area (Å²) in [6, 6.07) is 8.58. The van der Waals surface area contributed by atoms with Crippen molar-refractivity contribution in [3.05, 3.63) is 35.4 Å². The lowest BCUT2D eigenvalue weighted by atomic mass is 9.94. The third-order valence-electron chi connectivity index (χ3n) is 4.64. The maximum Gasteiger partial charge on any atom is 0.142 e. The number of nitrogens with two attached hydrogens (primary N) is 1. The van der Waals surface area contributed by atoms with Gasteiger partial charge in [-0.15, -0.1) is 0 Å². The minimum Gasteiger partial charge on any atom is -0.409 e. The largest absolute Gasteiger partial charge is 0.409 e. The first-order valence-corrected chi connectivity index (χ1v) is 7.67. The number of nitrogens with zero attached hydrogens (tertiary/aromatic N) is 2. The van der Waals surface area contributed by atoms with E-state index >= 15 is 0 Å². The van der Waals surface area contributed by atoms with Gasteiger partial charge in [0.15, 0.2) is 0 Å². The minimum atomic E-state index is 0.176. The topological polar surface area (TPSA) is 71.1 Å². The summed E-state index contributed by atoms with van der Waals surface area (Å²) in [5.74, 6) is 0.583. The monoisotopic (exact) mass is 289 g/mol. The van der Waals surface area contributed by atoms with E-state index in [1.165, 1.54) is 11.1 Å². The molecule has 0 radical (unpaired) electrons. The van der Waals surface area contributed by atoms with Crippen LogP contribution in [0.25, 0.3) is 0 Å². The molecule has 0 spiro atoms. The summed E-state index contributed by atoms with van der Waals surface area (Å²) in [6.07, 6.45) is 3.09. The van der Waals surface area contributed by atoms with Crippen LogP contribution in [0, 0.1) is 5.92 Å². The fourth-order valence-corrected chi connectivity index (χ4v) is 3.36. The van der Waals surface area contributed by atoms with E-state index in [0.29, 0.717) is 5.84 Å². The highest BCUT2D eigenvalue weighted by Gasteiger charge is 2.27. The van der Waals surface area contributed by atoms with Gasteiger partial charge in [-0.3, -0.25) is 0 Å². The number of hydrogen-bond donors (Lipinski definition) is 2. The van der Waals surface area contributed by atoms with Gasteiger partial charge in [0, 0.05) is 12.5 Å². The molecule has 0 saturated carbocycles. The Bertz CT molecular complexity index is 510. The number of fused-ring (bicyclic) bond motifs is 1. The Balaban J connectivity index is 1.59. The lowest BCUT2D eigenvalue weighted by Crippen LogP contribution is -2.41. The van der Waals surface area contributed by atoms with Gasteiger partial charge in [-0.25, -0.2) is 0 Å². The number of ether oxygens (including phenoxy) is 1. The molecule has 1 aromatic rings. The van der Waals surface area contributed by atoms with Crippen LogP contribution in [-0.4, -0.2) is 42.2 Å². The molecule has 1 aromatic carbocycles. The van der Waals surface area contributed by atoms with Crippen molar-refractivity contribution < 1.29 is 9.94 Å². The van der Waals surface area contributed by atoms with Crippen LogP contribution in [-0.2, 0) is 11.2 Å². The zero-order valence-corrected chi connectivity index (χ0v) is 12.2. The predicted octanol–water partition coefficient (Wildman–Crippen LogP) is 1.76. The van der Waals surface area contributed by atoms with Crippen LogP contribution in [0.3, 0.4) is 0 Å². The van der Waals surface area contributed by atoms with E-state index < -0.39 is 0 Å². The van der Waals surface area contributed by atoms with E-state index in [2.05, 4.69) is 34.3 Å². The fraction of sp³-hybridized carbons (Fsp3) is 0.562. The van der Waals surface area contributed by atoms with Crippen molar-refractivity contribution in [3.8, 4) is 0 Å². The quantitative estimate of drug-likeness (QED) is 0.385. The Labute approximate surface area is 125 Å². The number of rotatable bonds is 3. The minimum absolute atomic E-state index is 0.176. The zero-order chi connectivity index (χ0) is 14.7. The van der Waals surface area contributed by atoms with Crippen LogP contribution in [0.4, 0.5) is 0 Å². The van der Waals surface area contributed by atoms with Crippen LogP contribution in [0.2, 0.25) is 0 Å². The number of piperidine rings is 1. The highest BCUT2D eigenvalue weighted by atomic mass is 16.5. The van der Waals surface area contributed by atoms with Gasteiger partial charge >= 0.3 is 0 Å². The number of amidine groups is 1. The summed E-state index contributed by atoms with van der Waals surface area (Å²) < 4.78 is 5.97. The number of likely N-dealkylation sites (tertiary alicyclic amines) is 1. The predicted molar refractivity (Wildman–Crippen MR) is 81.4 cm³/mol. The summed E-state index contributed by atoms with van der Waals surface area (Å²) in [6.45, 7) is 3.69. The zero-order valence-electron chi connectivity index (χ0n) is 12.2. The summed E-state index contributed by atoms with van der Waals surface area (Å²) in [4.78, 5) is 2.42. The van der Waals surface area contributed by atoms with E-state index in [-0.39, 0.29) is 12.0 Å². The molecular weight excluding hydrogens is 266 g/mol. The van der Waals surface area contributed by atoms with Gasteiger partial charge in [0.2, 0.25) is 0 Å². The summed E-state index contributed by atoms with van der Waals surface area (Å²) in [5, 5.41) is 11.9. The Morgan fingerprint density at radius 1 is 1.33 bits per heavy atom. The first kappa shape index (κ1) is 14.4. The molecule has 1 fully saturated rings. The Morgan fingerprint density at radius 3 is 2.86 bits per heavy atom. The standard InChI is InChI=1S/C16H23N3O2/c17-16(18-20)13-5-8-19(9-6-13)11-15-14-4-2-1-3-12(14)7-10-21-15/h1-4,13,15,20H,5-11H2,(H2,17,18). The highest BCUT2D eigenvalue weighted by Crippen LogP contribution is 2.29. The maximum atomic E-state index is 8.75. The number of benzene rings is 1. The first-order valence-electron chi connectivity index (χ1n) is 7.67. The number of hydrogen-bond acceptors (Lipinski definition) is 4. The molecule has 0 aliphatic carbocycles. The van der Waals surface area contributed by atoms with Crippen molar-refractivity contribution in [3.63, 3.8) is 0 Å². The molecular formula is C16H23N3O2. The van der Waals surface area contributed by atoms with Gasteiger partial charge in [0.05, 0.1) is 12.7 Å². The third-order valence-corrected chi connectivity index (χ3v) is 4.64. The summed E-state index contributed by atoms with van der Waals surface area (Å²) in [7, 11) is 0. The average molecular weight is 289 g/mol. The molecule has 1 saturated heterocycles. The van der Waals surface area contributed by atoms with Gasteiger partial charge in [0.1, 0.15) is 5.84 Å². The van der Waals surface area contributed by atoms with Crippen LogP contribution >= 0.6 is 0 Å². The Hall–Kier alpha value is -1.59. The van der Waals surface area contributed by atoms with Crippen molar-refractivity contribution >= 4 is 5.84 Å². The molecule has 0 bridgehead atoms. The second-order valence-corrected chi connectivity index (χ2v) is 5.91. The lowest BCUT2D eigenvalue weighted by Gasteiger charge is -2.35. The van der Waals surface area contributed by atoms with E-state index in [1.807, 2.05) is 0 Å². The van der Waals surface area contributed by atoms with Crippen LogP contribution < -0.4 is 5.73 Å². The molecule has 5 heteroatoms. The molecule has 0 aromatic heterocycles. The highest BCUT2D eigenvalue weighted by molar-refractivity contribution is 5.82. The summed E-state index contributed by atoms with van der Waals surface area (Å²) >= 11 is 0. The van der Waals surface area contributed by atoms with Crippen LogP contribution in [0.15, 0.2) is 29.4 Å². The number of oxime groups is 1. The maximum absolute atomic E-state index is 8.75. The van der Waals surface area contributed by atoms with Crippen molar-refractivity contribution in [2.75, 3.05) is 26.2 Å². The van der Waals surface area contributed by atoms with E-state index in [9.17, 15) is 0 Å². The first-order chi connectivity index (χ1) is 10.3. The average Bonchev–Trinajstić information content (AvgIpc) is 2.55. The molecule has 114 valence electrons. The van der Waals surface area contributed by atoms with E-state index in [4.69, 9.17) is 15.7 Å². The second-order valence-electron chi connectivity index (χ2n) is 5.91. The molecule has 3 rings (SSSR count). The Morgan fingerprint density at radius 2 is 2.10 bits per heavy atom. The molecule has 2 aliphatic heterocycles. The van der Waals surface area contributed by atoms with Crippen molar-refractivity contribution in [2.45, 2.75) is 25.4 Å². The van der Waals surface area contributed by atoms with Crippen LogP contribution in [0.5, 0.6) is 0 Å².